The Balaban J connectivity index is 1.71. The molecule has 7 heteroatoms. The first-order chi connectivity index (χ1) is 11.1. The van der Waals surface area contributed by atoms with Crippen LogP contribution in [0.5, 0.6) is 10.9 Å². The maximum absolute atomic E-state index is 13.5. The number of hydrogen-bond acceptors (Lipinski definition) is 4. The van der Waals surface area contributed by atoms with Crippen LogP contribution in [-0.2, 0) is 0 Å². The van der Waals surface area contributed by atoms with Gasteiger partial charge in [0, 0.05) is 23.2 Å². The lowest BCUT2D eigenvalue weighted by Crippen LogP contribution is -2.13. The van der Waals surface area contributed by atoms with Crippen LogP contribution >= 0.6 is 11.3 Å². The second-order valence-corrected chi connectivity index (χ2v) is 5.36. The topological polar surface area (TPSA) is 51.2 Å². The summed E-state index contributed by atoms with van der Waals surface area (Å²) in [4.78, 5) is 16.0. The van der Waals surface area contributed by atoms with E-state index in [1.54, 1.807) is 23.7 Å². The maximum Gasteiger partial charge on any atom is 0.278 e. The van der Waals surface area contributed by atoms with Gasteiger partial charge in [0.15, 0.2) is 0 Å². The molecule has 0 aliphatic rings. The first-order valence-corrected chi connectivity index (χ1v) is 7.43. The number of aromatic nitrogens is 1. The van der Waals surface area contributed by atoms with Gasteiger partial charge in [0.25, 0.3) is 11.1 Å². The number of ether oxygens (including phenoxy) is 1. The second kappa shape index (κ2) is 6.53. The second-order valence-electron chi connectivity index (χ2n) is 4.50. The first kappa shape index (κ1) is 15.1. The third-order valence-electron chi connectivity index (χ3n) is 2.91. The van der Waals surface area contributed by atoms with Crippen molar-refractivity contribution >= 4 is 22.9 Å². The van der Waals surface area contributed by atoms with Crippen LogP contribution in [-0.4, -0.2) is 10.9 Å². The Bertz CT molecular complexity index is 821. The number of nitrogens with one attached hydrogen (secondary N) is 1. The molecule has 0 radical (unpaired) electrons. The van der Waals surface area contributed by atoms with Crippen molar-refractivity contribution in [2.45, 2.75) is 0 Å². The van der Waals surface area contributed by atoms with Gasteiger partial charge in [-0.2, -0.15) is 0 Å². The number of carbonyl (C=O) groups is 1. The zero-order valence-corrected chi connectivity index (χ0v) is 12.4. The van der Waals surface area contributed by atoms with Crippen molar-refractivity contribution in [3.8, 4) is 10.9 Å². The maximum atomic E-state index is 13.5. The quantitative estimate of drug-likeness (QED) is 0.767. The lowest BCUT2D eigenvalue weighted by Gasteiger charge is -2.07. The van der Waals surface area contributed by atoms with Crippen molar-refractivity contribution < 1.29 is 18.3 Å². The van der Waals surface area contributed by atoms with Crippen molar-refractivity contribution in [1.82, 2.24) is 4.98 Å². The van der Waals surface area contributed by atoms with Gasteiger partial charge in [-0.1, -0.05) is 11.3 Å². The van der Waals surface area contributed by atoms with Crippen molar-refractivity contribution in [2.75, 3.05) is 5.32 Å². The number of rotatable bonds is 4. The van der Waals surface area contributed by atoms with Gasteiger partial charge in [-0.05, 0) is 36.4 Å². The number of amides is 1. The molecule has 116 valence electrons. The minimum atomic E-state index is -0.705. The predicted octanol–water partition coefficient (Wildman–Crippen LogP) is 4.47. The SMILES string of the molecule is O=C(Nc1cc(F)ccc1F)c1ccc(Oc2nccs2)cc1. The zero-order chi connectivity index (χ0) is 16.2. The van der Waals surface area contributed by atoms with Crippen LogP contribution in [0.25, 0.3) is 0 Å². The van der Waals surface area contributed by atoms with Crippen molar-refractivity contribution in [3.05, 3.63) is 71.2 Å². The highest BCUT2D eigenvalue weighted by Crippen LogP contribution is 2.24. The molecule has 1 N–H and O–H groups in total. The molecule has 3 aromatic rings. The molecular weight excluding hydrogens is 322 g/mol. The summed E-state index contributed by atoms with van der Waals surface area (Å²) in [6, 6.07) is 9.10. The number of benzene rings is 2. The molecule has 0 unspecified atom stereocenters. The van der Waals surface area contributed by atoms with E-state index < -0.39 is 17.5 Å². The molecule has 0 spiro atoms. The van der Waals surface area contributed by atoms with Crippen LogP contribution in [0, 0.1) is 11.6 Å². The number of thiazole rings is 1. The summed E-state index contributed by atoms with van der Waals surface area (Å²) in [5.41, 5.74) is 0.0817. The largest absolute Gasteiger partial charge is 0.431 e. The van der Waals surface area contributed by atoms with E-state index in [1.165, 1.54) is 23.5 Å². The van der Waals surface area contributed by atoms with E-state index in [9.17, 15) is 13.6 Å². The number of carbonyl (C=O) groups excluding carboxylic acids is 1. The van der Waals surface area contributed by atoms with Crippen molar-refractivity contribution in [3.63, 3.8) is 0 Å². The van der Waals surface area contributed by atoms with Crippen LogP contribution in [0.4, 0.5) is 14.5 Å². The van der Waals surface area contributed by atoms with E-state index in [2.05, 4.69) is 10.3 Å². The molecule has 4 nitrogen and oxygen atoms in total. The third kappa shape index (κ3) is 3.70. The number of nitrogens with zero attached hydrogens (tertiary/aromatic N) is 1. The molecule has 0 fully saturated rings. The molecule has 0 bridgehead atoms. The van der Waals surface area contributed by atoms with Crippen LogP contribution in [0.15, 0.2) is 54.0 Å². The Morgan fingerprint density at radius 1 is 1.13 bits per heavy atom. The van der Waals surface area contributed by atoms with Crippen LogP contribution in [0.2, 0.25) is 0 Å². The van der Waals surface area contributed by atoms with E-state index in [-0.39, 0.29) is 5.69 Å². The van der Waals surface area contributed by atoms with Crippen molar-refractivity contribution in [1.29, 1.82) is 0 Å². The number of halogens is 2. The minimum Gasteiger partial charge on any atom is -0.431 e. The molecule has 1 amide bonds. The van der Waals surface area contributed by atoms with Gasteiger partial charge in [0.1, 0.15) is 17.4 Å². The van der Waals surface area contributed by atoms with E-state index in [4.69, 9.17) is 4.74 Å². The molecule has 1 heterocycles. The molecule has 0 saturated carbocycles. The molecule has 2 aromatic carbocycles. The van der Waals surface area contributed by atoms with Crippen LogP contribution < -0.4 is 10.1 Å². The Labute approximate surface area is 134 Å². The van der Waals surface area contributed by atoms with Gasteiger partial charge in [0.05, 0.1) is 5.69 Å². The molecule has 1 aromatic heterocycles. The average molecular weight is 332 g/mol. The monoisotopic (exact) mass is 332 g/mol. The fraction of sp³-hybridized carbons (Fsp3) is 0. The molecule has 3 rings (SSSR count). The van der Waals surface area contributed by atoms with Gasteiger partial charge >= 0.3 is 0 Å². The van der Waals surface area contributed by atoms with Gasteiger partial charge in [-0.15, -0.1) is 0 Å². The fourth-order valence-electron chi connectivity index (χ4n) is 1.82. The standard InChI is InChI=1S/C16H10F2N2O2S/c17-11-3-6-13(18)14(9-11)20-15(21)10-1-4-12(5-2-10)22-16-19-7-8-23-16/h1-9H,(H,20,21). The van der Waals surface area contributed by atoms with E-state index >= 15 is 0 Å². The summed E-state index contributed by atoms with van der Waals surface area (Å²) in [6.45, 7) is 0. The Hall–Kier alpha value is -2.80. The third-order valence-corrected chi connectivity index (χ3v) is 3.56. The molecule has 23 heavy (non-hydrogen) atoms. The Morgan fingerprint density at radius 2 is 1.91 bits per heavy atom. The van der Waals surface area contributed by atoms with Crippen LogP contribution in [0.1, 0.15) is 10.4 Å². The zero-order valence-electron chi connectivity index (χ0n) is 11.6. The molecule has 0 aliphatic heterocycles. The average Bonchev–Trinajstić information content (AvgIpc) is 3.04. The molecule has 0 atom stereocenters. The summed E-state index contributed by atoms with van der Waals surface area (Å²) in [7, 11) is 0. The Kier molecular flexibility index (Phi) is 4.29. The van der Waals surface area contributed by atoms with Crippen LogP contribution in [0.3, 0.4) is 0 Å². The van der Waals surface area contributed by atoms with E-state index in [0.29, 0.717) is 16.5 Å². The lowest BCUT2D eigenvalue weighted by atomic mass is 10.2. The minimum absolute atomic E-state index is 0.210. The van der Waals surface area contributed by atoms with E-state index in [0.717, 1.165) is 18.2 Å². The van der Waals surface area contributed by atoms with Gasteiger partial charge in [-0.3, -0.25) is 4.79 Å². The highest BCUT2D eigenvalue weighted by molar-refractivity contribution is 7.11. The fourth-order valence-corrected chi connectivity index (χ4v) is 2.33. The molecule has 0 aliphatic carbocycles. The summed E-state index contributed by atoms with van der Waals surface area (Å²) < 4.78 is 32.1. The lowest BCUT2D eigenvalue weighted by molar-refractivity contribution is 0.102. The highest BCUT2D eigenvalue weighted by atomic mass is 32.1. The van der Waals surface area contributed by atoms with Gasteiger partial charge < -0.3 is 10.1 Å². The summed E-state index contributed by atoms with van der Waals surface area (Å²) in [5, 5.41) is 4.60. The summed E-state index contributed by atoms with van der Waals surface area (Å²) >= 11 is 1.34. The van der Waals surface area contributed by atoms with Gasteiger partial charge in [0.2, 0.25) is 0 Å². The predicted molar refractivity (Wildman–Crippen MR) is 82.9 cm³/mol. The number of anilines is 1. The summed E-state index contributed by atoms with van der Waals surface area (Å²) in [5.74, 6) is -1.36. The highest BCUT2D eigenvalue weighted by Gasteiger charge is 2.11. The summed E-state index contributed by atoms with van der Waals surface area (Å²) in [6.07, 6.45) is 1.62. The van der Waals surface area contributed by atoms with E-state index in [1.807, 2.05) is 0 Å². The Morgan fingerprint density at radius 3 is 2.61 bits per heavy atom. The molecular formula is C16H10F2N2O2S. The van der Waals surface area contributed by atoms with Gasteiger partial charge in [-0.25, -0.2) is 13.8 Å². The first-order valence-electron chi connectivity index (χ1n) is 6.55. The normalized spacial score (nSPS) is 10.3. The smallest absolute Gasteiger partial charge is 0.278 e. The molecule has 0 saturated heterocycles. The number of hydrogen-bond donors (Lipinski definition) is 1. The van der Waals surface area contributed by atoms with Crippen molar-refractivity contribution in [2.24, 2.45) is 0 Å².